The average Bonchev–Trinajstić information content (AvgIpc) is 2.62. The molecule has 23 heavy (non-hydrogen) atoms. The number of piperazine rings is 1. The molecular formula is C16H18N4O3. The molecule has 1 fully saturated rings. The van der Waals surface area contributed by atoms with Crippen LogP contribution in [-0.2, 0) is 9.59 Å². The van der Waals surface area contributed by atoms with Crippen LogP contribution in [0.25, 0.3) is 0 Å². The summed E-state index contributed by atoms with van der Waals surface area (Å²) < 4.78 is 0. The van der Waals surface area contributed by atoms with E-state index in [0.29, 0.717) is 43.9 Å². The zero-order valence-electron chi connectivity index (χ0n) is 12.7. The van der Waals surface area contributed by atoms with E-state index in [9.17, 15) is 14.4 Å². The molecule has 3 rings (SSSR count). The molecule has 7 nitrogen and oxygen atoms in total. The minimum atomic E-state index is -0.167. The number of carbonyl (C=O) groups excluding carboxylic acids is 3. The highest BCUT2D eigenvalue weighted by Gasteiger charge is 2.28. The highest BCUT2D eigenvalue weighted by Crippen LogP contribution is 2.11. The van der Waals surface area contributed by atoms with Crippen molar-refractivity contribution in [1.82, 2.24) is 15.2 Å². The number of benzene rings is 1. The molecule has 2 aliphatic heterocycles. The van der Waals surface area contributed by atoms with Crippen LogP contribution in [0.4, 0.5) is 0 Å². The zero-order chi connectivity index (χ0) is 16.2. The number of hydrogen-bond donors (Lipinski definition) is 1. The Morgan fingerprint density at radius 2 is 1.52 bits per heavy atom. The monoisotopic (exact) mass is 314 g/mol. The van der Waals surface area contributed by atoms with E-state index in [1.165, 1.54) is 0 Å². The van der Waals surface area contributed by atoms with Crippen LogP contribution < -0.4 is 5.43 Å². The van der Waals surface area contributed by atoms with Crippen LogP contribution in [-0.4, -0.2) is 59.4 Å². The van der Waals surface area contributed by atoms with Crippen molar-refractivity contribution in [3.63, 3.8) is 0 Å². The Kier molecular flexibility index (Phi) is 4.36. The minimum Gasteiger partial charge on any atom is -0.335 e. The van der Waals surface area contributed by atoms with Crippen molar-refractivity contribution < 1.29 is 14.4 Å². The molecule has 1 aromatic rings. The molecule has 0 atom stereocenters. The average molecular weight is 314 g/mol. The van der Waals surface area contributed by atoms with Gasteiger partial charge in [0.25, 0.3) is 11.8 Å². The quantitative estimate of drug-likeness (QED) is 0.849. The third kappa shape index (κ3) is 3.39. The fraction of sp³-hybridized carbons (Fsp3) is 0.375. The summed E-state index contributed by atoms with van der Waals surface area (Å²) in [4.78, 5) is 39.2. The number of nitrogens with zero attached hydrogens (tertiary/aromatic N) is 3. The number of hydrazone groups is 1. The molecule has 0 unspecified atom stereocenters. The van der Waals surface area contributed by atoms with Crippen LogP contribution in [0.2, 0.25) is 0 Å². The molecule has 0 saturated carbocycles. The lowest BCUT2D eigenvalue weighted by atomic mass is 10.1. The summed E-state index contributed by atoms with van der Waals surface area (Å²) in [5.74, 6) is -0.336. The van der Waals surface area contributed by atoms with Gasteiger partial charge in [-0.15, -0.1) is 0 Å². The van der Waals surface area contributed by atoms with E-state index >= 15 is 0 Å². The van der Waals surface area contributed by atoms with Gasteiger partial charge in [-0.1, -0.05) is 18.2 Å². The second-order valence-corrected chi connectivity index (χ2v) is 5.54. The van der Waals surface area contributed by atoms with Crippen molar-refractivity contribution in [1.29, 1.82) is 0 Å². The highest BCUT2D eigenvalue weighted by molar-refractivity contribution is 6.39. The standard InChI is InChI=1S/C16H18N4O3/c21-14-7-6-13(17-18-14)16(23)20-10-8-19(9-11-20)15(22)12-4-2-1-3-5-12/h1-5H,6-11H2,(H,18,21). The van der Waals surface area contributed by atoms with Crippen LogP contribution in [0.3, 0.4) is 0 Å². The molecule has 2 heterocycles. The molecule has 0 bridgehead atoms. The summed E-state index contributed by atoms with van der Waals surface area (Å²) >= 11 is 0. The first-order chi connectivity index (χ1) is 11.1. The predicted octanol–water partition coefficient (Wildman–Crippen LogP) is 0.237. The van der Waals surface area contributed by atoms with E-state index in [1.807, 2.05) is 18.2 Å². The molecule has 0 aromatic heterocycles. The van der Waals surface area contributed by atoms with E-state index in [0.717, 1.165) is 0 Å². The Morgan fingerprint density at radius 3 is 2.09 bits per heavy atom. The van der Waals surface area contributed by atoms with Crippen LogP contribution in [0.5, 0.6) is 0 Å². The van der Waals surface area contributed by atoms with E-state index < -0.39 is 0 Å². The lowest BCUT2D eigenvalue weighted by molar-refractivity contribution is -0.126. The largest absolute Gasteiger partial charge is 0.335 e. The van der Waals surface area contributed by atoms with Gasteiger partial charge >= 0.3 is 0 Å². The van der Waals surface area contributed by atoms with Gasteiger partial charge in [-0.25, -0.2) is 5.43 Å². The van der Waals surface area contributed by atoms with Crippen molar-refractivity contribution in [3.05, 3.63) is 35.9 Å². The zero-order valence-corrected chi connectivity index (χ0v) is 12.7. The van der Waals surface area contributed by atoms with Crippen molar-refractivity contribution in [2.24, 2.45) is 5.10 Å². The lowest BCUT2D eigenvalue weighted by Crippen LogP contribution is -2.52. The van der Waals surface area contributed by atoms with Crippen LogP contribution in [0.15, 0.2) is 35.4 Å². The second-order valence-electron chi connectivity index (χ2n) is 5.54. The first kappa shape index (κ1) is 15.2. The fourth-order valence-corrected chi connectivity index (χ4v) is 2.69. The smallest absolute Gasteiger partial charge is 0.270 e. The van der Waals surface area contributed by atoms with Gasteiger partial charge in [0.05, 0.1) is 0 Å². The molecule has 1 aromatic carbocycles. The first-order valence-corrected chi connectivity index (χ1v) is 7.64. The van der Waals surface area contributed by atoms with Crippen molar-refractivity contribution in [3.8, 4) is 0 Å². The molecule has 2 aliphatic rings. The molecular weight excluding hydrogens is 296 g/mol. The maximum atomic E-state index is 12.4. The summed E-state index contributed by atoms with van der Waals surface area (Å²) in [7, 11) is 0. The van der Waals surface area contributed by atoms with Gasteiger partial charge in [-0.05, 0) is 12.1 Å². The van der Waals surface area contributed by atoms with Crippen LogP contribution >= 0.6 is 0 Å². The van der Waals surface area contributed by atoms with Gasteiger partial charge in [0, 0.05) is 44.6 Å². The normalized spacial score (nSPS) is 18.3. The first-order valence-electron chi connectivity index (χ1n) is 7.64. The second kappa shape index (κ2) is 6.60. The maximum absolute atomic E-state index is 12.4. The maximum Gasteiger partial charge on any atom is 0.270 e. The van der Waals surface area contributed by atoms with Crippen LogP contribution in [0.1, 0.15) is 23.2 Å². The van der Waals surface area contributed by atoms with Gasteiger partial charge in [0.1, 0.15) is 5.71 Å². The van der Waals surface area contributed by atoms with Crippen LogP contribution in [0, 0.1) is 0 Å². The lowest BCUT2D eigenvalue weighted by Gasteiger charge is -2.35. The van der Waals surface area contributed by atoms with Gasteiger partial charge < -0.3 is 9.80 Å². The van der Waals surface area contributed by atoms with E-state index in [1.54, 1.807) is 21.9 Å². The molecule has 7 heteroatoms. The Balaban J connectivity index is 1.57. The minimum absolute atomic E-state index is 0.0139. The third-order valence-electron chi connectivity index (χ3n) is 4.03. The number of rotatable bonds is 2. The number of carbonyl (C=O) groups is 3. The summed E-state index contributed by atoms with van der Waals surface area (Å²) in [5, 5.41) is 3.83. The van der Waals surface area contributed by atoms with E-state index in [-0.39, 0.29) is 24.1 Å². The summed E-state index contributed by atoms with van der Waals surface area (Å²) in [6.07, 6.45) is 0.658. The Hall–Kier alpha value is -2.70. The summed E-state index contributed by atoms with van der Waals surface area (Å²) in [6.45, 7) is 1.95. The fourth-order valence-electron chi connectivity index (χ4n) is 2.69. The number of nitrogens with one attached hydrogen (secondary N) is 1. The van der Waals surface area contributed by atoms with Gasteiger partial charge in [-0.3, -0.25) is 14.4 Å². The molecule has 3 amide bonds. The van der Waals surface area contributed by atoms with Crippen molar-refractivity contribution >= 4 is 23.4 Å². The summed E-state index contributed by atoms with van der Waals surface area (Å²) in [5.41, 5.74) is 3.38. The molecule has 1 saturated heterocycles. The Morgan fingerprint density at radius 1 is 0.913 bits per heavy atom. The van der Waals surface area contributed by atoms with Crippen molar-refractivity contribution in [2.45, 2.75) is 12.8 Å². The van der Waals surface area contributed by atoms with Gasteiger partial charge in [0.15, 0.2) is 0 Å². The topological polar surface area (TPSA) is 82.1 Å². The Bertz CT molecular complexity index is 649. The SMILES string of the molecule is O=C1CCC(C(=O)N2CCN(C(=O)c3ccccc3)CC2)=NN1. The van der Waals surface area contributed by atoms with Gasteiger partial charge in [-0.2, -0.15) is 5.10 Å². The van der Waals surface area contributed by atoms with E-state index in [2.05, 4.69) is 10.5 Å². The predicted molar refractivity (Wildman–Crippen MR) is 83.7 cm³/mol. The molecule has 0 radical (unpaired) electrons. The van der Waals surface area contributed by atoms with Crippen molar-refractivity contribution in [2.75, 3.05) is 26.2 Å². The number of amides is 3. The molecule has 0 spiro atoms. The highest BCUT2D eigenvalue weighted by atomic mass is 16.2. The Labute approximate surface area is 133 Å². The van der Waals surface area contributed by atoms with Gasteiger partial charge in [0.2, 0.25) is 5.91 Å². The number of hydrogen-bond acceptors (Lipinski definition) is 4. The summed E-state index contributed by atoms with van der Waals surface area (Å²) in [6, 6.07) is 9.13. The molecule has 1 N–H and O–H groups in total. The molecule has 0 aliphatic carbocycles. The molecule has 120 valence electrons. The third-order valence-corrected chi connectivity index (χ3v) is 4.03. The van der Waals surface area contributed by atoms with E-state index in [4.69, 9.17) is 0 Å².